The molecule has 0 bridgehead atoms. The normalized spacial score (nSPS) is 10.9. The maximum Gasteiger partial charge on any atom is 0.412 e. The zero-order chi connectivity index (χ0) is 13.9. The first-order valence-corrected chi connectivity index (χ1v) is 5.49. The van der Waals surface area contributed by atoms with Crippen molar-refractivity contribution in [3.63, 3.8) is 0 Å². The molecule has 1 aromatic carbocycles. The second-order valence-electron chi connectivity index (χ2n) is 4.87. The molecule has 4 nitrogen and oxygen atoms in total. The van der Waals surface area contributed by atoms with Crippen LogP contribution in [0, 0.1) is 5.82 Å². The quantitative estimate of drug-likeness (QED) is 0.822. The first kappa shape index (κ1) is 14.2. The summed E-state index contributed by atoms with van der Waals surface area (Å²) in [5.41, 5.74) is -0.292. The van der Waals surface area contributed by atoms with Gasteiger partial charge in [-0.25, -0.2) is 9.18 Å². The van der Waals surface area contributed by atoms with Crippen molar-refractivity contribution in [1.82, 2.24) is 0 Å². The lowest BCUT2D eigenvalue weighted by Crippen LogP contribution is -2.27. The summed E-state index contributed by atoms with van der Waals surface area (Å²) >= 11 is 0. The predicted octanol–water partition coefficient (Wildman–Crippen LogP) is 3.38. The molecule has 1 aromatic rings. The van der Waals surface area contributed by atoms with E-state index in [0.717, 1.165) is 6.07 Å². The third-order valence-corrected chi connectivity index (χ3v) is 2.00. The molecule has 0 aliphatic rings. The fraction of sp³-hybridized carbons (Fsp3) is 0.385. The van der Waals surface area contributed by atoms with Gasteiger partial charge < -0.3 is 4.74 Å². The number of anilines is 1. The molecular weight excluding hydrogens is 237 g/mol. The van der Waals surface area contributed by atoms with Gasteiger partial charge in [-0.15, -0.1) is 0 Å². The Kier molecular flexibility index (Phi) is 4.06. The topological polar surface area (TPSA) is 55.4 Å². The number of halogens is 1. The number of amides is 1. The fourth-order valence-electron chi connectivity index (χ4n) is 1.33. The van der Waals surface area contributed by atoms with E-state index >= 15 is 0 Å². The minimum absolute atomic E-state index is 0.112. The van der Waals surface area contributed by atoms with Crippen LogP contribution in [0.25, 0.3) is 0 Å². The van der Waals surface area contributed by atoms with Gasteiger partial charge in [0, 0.05) is 5.56 Å². The molecule has 98 valence electrons. The number of nitrogens with one attached hydrogen (secondary N) is 1. The molecule has 0 saturated carbocycles. The summed E-state index contributed by atoms with van der Waals surface area (Å²) in [6, 6.07) is 3.57. The zero-order valence-electron chi connectivity index (χ0n) is 10.8. The SMILES string of the molecule is CC(=O)c1cc(F)ccc1NC(=O)OC(C)(C)C. The van der Waals surface area contributed by atoms with E-state index in [9.17, 15) is 14.0 Å². The smallest absolute Gasteiger partial charge is 0.412 e. The predicted molar refractivity (Wildman–Crippen MR) is 66.3 cm³/mol. The monoisotopic (exact) mass is 253 g/mol. The Morgan fingerprint density at radius 2 is 1.89 bits per heavy atom. The lowest BCUT2D eigenvalue weighted by atomic mass is 10.1. The Balaban J connectivity index is 2.91. The standard InChI is InChI=1S/C13H16FNO3/c1-8(16)10-7-9(14)5-6-11(10)15-12(17)18-13(2,3)4/h5-7H,1-4H3,(H,15,17). The van der Waals surface area contributed by atoms with Crippen molar-refractivity contribution < 1.29 is 18.7 Å². The summed E-state index contributed by atoms with van der Waals surface area (Å²) < 4.78 is 18.1. The molecule has 0 saturated heterocycles. The van der Waals surface area contributed by atoms with Gasteiger partial charge in [0.15, 0.2) is 5.78 Å². The van der Waals surface area contributed by atoms with Crippen LogP contribution in [-0.2, 0) is 4.74 Å². The van der Waals surface area contributed by atoms with Gasteiger partial charge in [-0.1, -0.05) is 0 Å². The van der Waals surface area contributed by atoms with Gasteiger partial charge in [0.1, 0.15) is 11.4 Å². The second kappa shape index (κ2) is 5.16. The second-order valence-corrected chi connectivity index (χ2v) is 4.87. The van der Waals surface area contributed by atoms with E-state index in [-0.39, 0.29) is 17.0 Å². The molecule has 0 atom stereocenters. The molecule has 0 aromatic heterocycles. The van der Waals surface area contributed by atoms with E-state index in [1.54, 1.807) is 20.8 Å². The van der Waals surface area contributed by atoms with Gasteiger partial charge in [0.05, 0.1) is 5.69 Å². The first-order valence-electron chi connectivity index (χ1n) is 5.49. The largest absolute Gasteiger partial charge is 0.444 e. The van der Waals surface area contributed by atoms with Crippen LogP contribution in [0.3, 0.4) is 0 Å². The van der Waals surface area contributed by atoms with E-state index in [4.69, 9.17) is 4.74 Å². The van der Waals surface area contributed by atoms with Crippen LogP contribution < -0.4 is 5.32 Å². The number of ketones is 1. The third-order valence-electron chi connectivity index (χ3n) is 2.00. The number of carbonyl (C=O) groups excluding carboxylic acids is 2. The Hall–Kier alpha value is -1.91. The molecule has 0 fully saturated rings. The number of benzene rings is 1. The maximum absolute atomic E-state index is 13.0. The van der Waals surface area contributed by atoms with Gasteiger partial charge in [0.2, 0.25) is 0 Å². The minimum atomic E-state index is -0.684. The van der Waals surface area contributed by atoms with Crippen LogP contribution in [0.15, 0.2) is 18.2 Å². The Labute approximate surface area is 105 Å². The number of hydrogen-bond donors (Lipinski definition) is 1. The van der Waals surface area contributed by atoms with Crippen LogP contribution in [0.2, 0.25) is 0 Å². The Morgan fingerprint density at radius 1 is 1.28 bits per heavy atom. The van der Waals surface area contributed by atoms with E-state index in [0.29, 0.717) is 0 Å². The summed E-state index contributed by atoms with van der Waals surface area (Å²) in [5, 5.41) is 2.43. The van der Waals surface area contributed by atoms with Crippen molar-refractivity contribution in [2.24, 2.45) is 0 Å². The highest BCUT2D eigenvalue weighted by atomic mass is 19.1. The average Bonchev–Trinajstić information content (AvgIpc) is 2.17. The van der Waals surface area contributed by atoms with Crippen LogP contribution >= 0.6 is 0 Å². The number of carbonyl (C=O) groups is 2. The van der Waals surface area contributed by atoms with Crippen LogP contribution in [-0.4, -0.2) is 17.5 Å². The number of ether oxygens (including phenoxy) is 1. The van der Waals surface area contributed by atoms with Gasteiger partial charge in [-0.3, -0.25) is 10.1 Å². The summed E-state index contributed by atoms with van der Waals surface area (Å²) in [7, 11) is 0. The van der Waals surface area contributed by atoms with Crippen LogP contribution in [0.1, 0.15) is 38.1 Å². The molecule has 0 radical (unpaired) electrons. The van der Waals surface area contributed by atoms with Crippen LogP contribution in [0.4, 0.5) is 14.9 Å². The number of Topliss-reactive ketones (excluding diaryl/α,β-unsaturated/α-hetero) is 1. The highest BCUT2D eigenvalue weighted by Gasteiger charge is 2.18. The van der Waals surface area contributed by atoms with Crippen molar-refractivity contribution in [2.75, 3.05) is 5.32 Å². The molecule has 0 heterocycles. The summed E-state index contributed by atoms with van der Waals surface area (Å²) in [6.45, 7) is 6.48. The van der Waals surface area contributed by atoms with Gasteiger partial charge in [-0.05, 0) is 45.9 Å². The lowest BCUT2D eigenvalue weighted by Gasteiger charge is -2.20. The third kappa shape index (κ3) is 4.16. The van der Waals surface area contributed by atoms with Crippen molar-refractivity contribution in [3.05, 3.63) is 29.6 Å². The van der Waals surface area contributed by atoms with E-state index in [1.807, 2.05) is 0 Å². The van der Waals surface area contributed by atoms with Crippen molar-refractivity contribution in [1.29, 1.82) is 0 Å². The van der Waals surface area contributed by atoms with Gasteiger partial charge in [-0.2, -0.15) is 0 Å². The summed E-state index contributed by atoms with van der Waals surface area (Å²) in [4.78, 5) is 22.9. The van der Waals surface area contributed by atoms with Gasteiger partial charge in [0.25, 0.3) is 0 Å². The molecule has 0 unspecified atom stereocenters. The van der Waals surface area contributed by atoms with Crippen LogP contribution in [0.5, 0.6) is 0 Å². The molecule has 5 heteroatoms. The summed E-state index contributed by atoms with van der Waals surface area (Å²) in [5.74, 6) is -0.865. The molecule has 1 rings (SSSR count). The Morgan fingerprint density at radius 3 is 2.39 bits per heavy atom. The zero-order valence-corrected chi connectivity index (χ0v) is 10.8. The maximum atomic E-state index is 13.0. The molecule has 0 aliphatic heterocycles. The van der Waals surface area contributed by atoms with Crippen molar-refractivity contribution in [3.8, 4) is 0 Å². The Bertz CT molecular complexity index is 478. The van der Waals surface area contributed by atoms with E-state index in [1.165, 1.54) is 19.1 Å². The van der Waals surface area contributed by atoms with E-state index in [2.05, 4.69) is 5.32 Å². The highest BCUT2D eigenvalue weighted by molar-refractivity contribution is 6.02. The average molecular weight is 253 g/mol. The van der Waals surface area contributed by atoms with Gasteiger partial charge >= 0.3 is 6.09 Å². The molecule has 0 aliphatic carbocycles. The molecule has 18 heavy (non-hydrogen) atoms. The fourth-order valence-corrected chi connectivity index (χ4v) is 1.33. The molecule has 1 N–H and O–H groups in total. The van der Waals surface area contributed by atoms with E-state index < -0.39 is 17.5 Å². The number of hydrogen-bond acceptors (Lipinski definition) is 3. The van der Waals surface area contributed by atoms with Crippen molar-refractivity contribution in [2.45, 2.75) is 33.3 Å². The highest BCUT2D eigenvalue weighted by Crippen LogP contribution is 2.19. The molecule has 1 amide bonds. The summed E-state index contributed by atoms with van der Waals surface area (Å²) in [6.07, 6.45) is -0.684. The van der Waals surface area contributed by atoms with Crippen molar-refractivity contribution >= 4 is 17.6 Å². The first-order chi connectivity index (χ1) is 8.19. The molecular formula is C13H16FNO3. The minimum Gasteiger partial charge on any atom is -0.444 e. The lowest BCUT2D eigenvalue weighted by molar-refractivity contribution is 0.0636. The number of rotatable bonds is 2. The molecule has 0 spiro atoms.